The lowest BCUT2D eigenvalue weighted by Crippen LogP contribution is -2.32. The van der Waals surface area contributed by atoms with Gasteiger partial charge in [-0.25, -0.2) is 9.97 Å². The number of fused-ring (bicyclic) bond motifs is 4. The normalized spacial score (nSPS) is 16.2. The molecule has 5 nitrogen and oxygen atoms in total. The second-order valence-electron chi connectivity index (χ2n) is 7.45. The average molecular weight is 372 g/mol. The van der Waals surface area contributed by atoms with Crippen LogP contribution in [0.4, 0.5) is 0 Å². The first-order valence-corrected chi connectivity index (χ1v) is 10.2. The van der Waals surface area contributed by atoms with E-state index in [4.69, 9.17) is 19.4 Å². The minimum Gasteiger partial charge on any atom is -0.477 e. The van der Waals surface area contributed by atoms with Crippen molar-refractivity contribution in [2.24, 2.45) is 0 Å². The lowest BCUT2D eigenvalue weighted by Gasteiger charge is -2.30. The summed E-state index contributed by atoms with van der Waals surface area (Å²) in [6.45, 7) is 9.76. The minimum atomic E-state index is -0.159. The number of unbranched alkanes of at least 4 members (excludes halogenated alkanes) is 1. The zero-order valence-corrected chi connectivity index (χ0v) is 16.7. The van der Waals surface area contributed by atoms with E-state index >= 15 is 0 Å². The summed E-state index contributed by atoms with van der Waals surface area (Å²) in [6, 6.07) is 2.20. The van der Waals surface area contributed by atoms with Crippen molar-refractivity contribution in [1.29, 1.82) is 0 Å². The standard InChI is InChI=1S/C20H25N3O2S/c1-5-7-8-24-18-17-16(22-15(6-2)23-18)13-9-12-11-25-20(3,4)10-14(12)21-19(13)26-17/h9H,5-8,10-11H2,1-4H3. The Bertz CT molecular complexity index is 965. The summed E-state index contributed by atoms with van der Waals surface area (Å²) in [4.78, 5) is 15.4. The van der Waals surface area contributed by atoms with Crippen molar-refractivity contribution in [3.05, 3.63) is 23.1 Å². The van der Waals surface area contributed by atoms with Gasteiger partial charge in [0.25, 0.3) is 0 Å². The maximum absolute atomic E-state index is 6.00. The second kappa shape index (κ2) is 6.74. The molecule has 0 saturated heterocycles. The maximum atomic E-state index is 6.00. The van der Waals surface area contributed by atoms with Crippen LogP contribution in [0.1, 0.15) is 57.6 Å². The number of thiophene rings is 1. The van der Waals surface area contributed by atoms with Crippen LogP contribution < -0.4 is 4.74 Å². The van der Waals surface area contributed by atoms with E-state index in [1.165, 1.54) is 5.56 Å². The van der Waals surface area contributed by atoms with Crippen molar-refractivity contribution in [3.8, 4) is 5.88 Å². The summed E-state index contributed by atoms with van der Waals surface area (Å²) in [5.41, 5.74) is 3.11. The lowest BCUT2D eigenvalue weighted by molar-refractivity contribution is -0.0411. The molecule has 138 valence electrons. The molecule has 0 radical (unpaired) electrons. The van der Waals surface area contributed by atoms with Crippen LogP contribution in [0.2, 0.25) is 0 Å². The Labute approximate surface area is 157 Å². The molecule has 3 aromatic heterocycles. The summed E-state index contributed by atoms with van der Waals surface area (Å²) in [5, 5.41) is 1.09. The first-order chi connectivity index (χ1) is 12.5. The number of hydrogen-bond donors (Lipinski definition) is 0. The van der Waals surface area contributed by atoms with Crippen LogP contribution in [0, 0.1) is 0 Å². The molecule has 0 amide bonds. The fraction of sp³-hybridized carbons (Fsp3) is 0.550. The van der Waals surface area contributed by atoms with Crippen LogP contribution >= 0.6 is 11.3 Å². The molecule has 0 N–H and O–H groups in total. The zero-order valence-electron chi connectivity index (χ0n) is 15.9. The van der Waals surface area contributed by atoms with Crippen molar-refractivity contribution < 1.29 is 9.47 Å². The largest absolute Gasteiger partial charge is 0.477 e. The predicted octanol–water partition coefficient (Wildman–Crippen LogP) is 4.83. The molecule has 0 unspecified atom stereocenters. The molecule has 0 bridgehead atoms. The van der Waals surface area contributed by atoms with E-state index < -0.39 is 0 Å². The summed E-state index contributed by atoms with van der Waals surface area (Å²) in [7, 11) is 0. The molecule has 4 heterocycles. The topological polar surface area (TPSA) is 57.1 Å². The van der Waals surface area contributed by atoms with Gasteiger partial charge in [-0.1, -0.05) is 20.3 Å². The molecule has 0 aromatic carbocycles. The highest BCUT2D eigenvalue weighted by Gasteiger charge is 2.28. The molecule has 3 aromatic rings. The third-order valence-electron chi connectivity index (χ3n) is 4.76. The van der Waals surface area contributed by atoms with Gasteiger partial charge in [-0.15, -0.1) is 11.3 Å². The number of pyridine rings is 1. The van der Waals surface area contributed by atoms with Crippen molar-refractivity contribution in [2.75, 3.05) is 6.61 Å². The third-order valence-corrected chi connectivity index (χ3v) is 5.83. The smallest absolute Gasteiger partial charge is 0.235 e. The van der Waals surface area contributed by atoms with Crippen molar-refractivity contribution in [3.63, 3.8) is 0 Å². The Morgan fingerprint density at radius 2 is 2.08 bits per heavy atom. The highest BCUT2D eigenvalue weighted by atomic mass is 32.1. The van der Waals surface area contributed by atoms with E-state index in [-0.39, 0.29) is 5.60 Å². The first-order valence-electron chi connectivity index (χ1n) is 9.39. The van der Waals surface area contributed by atoms with Crippen LogP contribution in [-0.4, -0.2) is 27.2 Å². The Morgan fingerprint density at radius 1 is 1.23 bits per heavy atom. The fourth-order valence-electron chi connectivity index (χ4n) is 3.24. The molecule has 0 atom stereocenters. The summed E-state index contributed by atoms with van der Waals surface area (Å²) in [5.74, 6) is 1.52. The van der Waals surface area contributed by atoms with E-state index in [0.29, 0.717) is 19.1 Å². The molecule has 26 heavy (non-hydrogen) atoms. The maximum Gasteiger partial charge on any atom is 0.235 e. The molecule has 0 spiro atoms. The minimum absolute atomic E-state index is 0.159. The SMILES string of the molecule is CCCCOc1nc(CC)nc2c1sc1nc3c(cc12)COC(C)(C)C3. The van der Waals surface area contributed by atoms with Crippen LogP contribution in [-0.2, 0) is 24.2 Å². The number of nitrogens with zero attached hydrogens (tertiary/aromatic N) is 3. The highest BCUT2D eigenvalue weighted by molar-refractivity contribution is 7.25. The number of hydrogen-bond acceptors (Lipinski definition) is 6. The molecule has 6 heteroatoms. The summed E-state index contributed by atoms with van der Waals surface area (Å²) in [6.07, 6.45) is 3.74. The molecule has 1 aliphatic rings. The monoisotopic (exact) mass is 371 g/mol. The molecular weight excluding hydrogens is 346 g/mol. The van der Waals surface area contributed by atoms with Gasteiger partial charge in [-0.3, -0.25) is 0 Å². The highest BCUT2D eigenvalue weighted by Crippen LogP contribution is 2.39. The van der Waals surface area contributed by atoms with E-state index in [1.807, 2.05) is 0 Å². The number of ether oxygens (including phenoxy) is 2. The van der Waals surface area contributed by atoms with Gasteiger partial charge in [0, 0.05) is 23.8 Å². The zero-order chi connectivity index (χ0) is 18.3. The Balaban J connectivity index is 1.86. The van der Waals surface area contributed by atoms with Crippen molar-refractivity contribution >= 4 is 31.8 Å². The number of aromatic nitrogens is 3. The summed E-state index contributed by atoms with van der Waals surface area (Å²) < 4.78 is 13.0. The van der Waals surface area contributed by atoms with Gasteiger partial charge in [0.1, 0.15) is 15.4 Å². The number of aryl methyl sites for hydroxylation is 1. The van der Waals surface area contributed by atoms with Crippen LogP contribution in [0.5, 0.6) is 5.88 Å². The van der Waals surface area contributed by atoms with Crippen molar-refractivity contribution in [1.82, 2.24) is 15.0 Å². The van der Waals surface area contributed by atoms with Crippen LogP contribution in [0.3, 0.4) is 0 Å². The second-order valence-corrected chi connectivity index (χ2v) is 8.45. The van der Waals surface area contributed by atoms with E-state index in [2.05, 4.69) is 38.7 Å². The van der Waals surface area contributed by atoms with Gasteiger partial charge in [-0.05, 0) is 26.3 Å². The van der Waals surface area contributed by atoms with Gasteiger partial charge in [0.15, 0.2) is 0 Å². The first kappa shape index (κ1) is 17.6. The molecule has 4 rings (SSSR count). The molecule has 0 saturated carbocycles. The predicted molar refractivity (Wildman–Crippen MR) is 105 cm³/mol. The molecule has 0 aliphatic carbocycles. The fourth-order valence-corrected chi connectivity index (χ4v) is 4.30. The summed E-state index contributed by atoms with van der Waals surface area (Å²) >= 11 is 1.64. The van der Waals surface area contributed by atoms with E-state index in [9.17, 15) is 0 Å². The van der Waals surface area contributed by atoms with Crippen LogP contribution in [0.25, 0.3) is 20.4 Å². The van der Waals surface area contributed by atoms with Crippen molar-refractivity contribution in [2.45, 2.75) is 65.6 Å². The van der Waals surface area contributed by atoms with E-state index in [0.717, 1.165) is 57.6 Å². The van der Waals surface area contributed by atoms with Crippen LogP contribution in [0.15, 0.2) is 6.07 Å². The average Bonchev–Trinajstić information content (AvgIpc) is 2.96. The quantitative estimate of drug-likeness (QED) is 0.601. The van der Waals surface area contributed by atoms with Gasteiger partial charge in [0.2, 0.25) is 5.88 Å². The van der Waals surface area contributed by atoms with Gasteiger partial charge >= 0.3 is 0 Å². The Hall–Kier alpha value is -1.79. The van der Waals surface area contributed by atoms with Gasteiger partial charge in [0.05, 0.1) is 30.0 Å². The van der Waals surface area contributed by atoms with E-state index in [1.54, 1.807) is 11.3 Å². The lowest BCUT2D eigenvalue weighted by atomic mass is 9.95. The molecule has 0 fully saturated rings. The Kier molecular flexibility index (Phi) is 4.57. The molecule has 1 aliphatic heterocycles. The Morgan fingerprint density at radius 3 is 2.85 bits per heavy atom. The van der Waals surface area contributed by atoms with Gasteiger partial charge < -0.3 is 9.47 Å². The molecular formula is C20H25N3O2S. The number of rotatable bonds is 5. The third kappa shape index (κ3) is 3.16. The van der Waals surface area contributed by atoms with Gasteiger partial charge in [-0.2, -0.15) is 4.98 Å².